The fourth-order valence-electron chi connectivity index (χ4n) is 4.92. The van der Waals surface area contributed by atoms with Crippen molar-refractivity contribution in [2.24, 2.45) is 4.99 Å². The highest BCUT2D eigenvalue weighted by Crippen LogP contribution is 2.37. The van der Waals surface area contributed by atoms with Crippen LogP contribution in [0.4, 0.5) is 5.69 Å². The molecule has 1 fully saturated rings. The number of carbonyl (C=O) groups is 2. The number of thioether (sulfide) groups is 1. The summed E-state index contributed by atoms with van der Waals surface area (Å²) >= 11 is 1.36. The Morgan fingerprint density at radius 1 is 0.905 bits per heavy atom. The molecule has 208 valence electrons. The molecule has 42 heavy (non-hydrogen) atoms. The summed E-state index contributed by atoms with van der Waals surface area (Å²) < 4.78 is 7.37. The number of nitrogens with zero attached hydrogens (tertiary/aromatic N) is 3. The maximum Gasteiger partial charge on any atom is 0.335 e. The highest BCUT2D eigenvalue weighted by atomic mass is 32.2. The number of aliphatic imine (C=N–C) groups is 1. The van der Waals surface area contributed by atoms with Crippen LogP contribution in [0, 0.1) is 0 Å². The van der Waals surface area contributed by atoms with Crippen LogP contribution < -0.4 is 4.74 Å². The van der Waals surface area contributed by atoms with Crippen molar-refractivity contribution in [3.63, 3.8) is 0 Å². The maximum atomic E-state index is 13.8. The fraction of sp³-hybridized carbons (Fsp3) is 0.0882. The minimum absolute atomic E-state index is 0.114. The number of benzene rings is 4. The number of carboxylic acid groups (broad SMARTS) is 1. The summed E-state index contributed by atoms with van der Waals surface area (Å²) in [4.78, 5) is 32.4. The third-order valence-electron chi connectivity index (χ3n) is 7.00. The lowest BCUT2D eigenvalue weighted by Crippen LogP contribution is -2.28. The second-order valence-electron chi connectivity index (χ2n) is 9.81. The molecule has 0 saturated carbocycles. The van der Waals surface area contributed by atoms with Gasteiger partial charge >= 0.3 is 5.97 Å². The molecule has 8 heteroatoms. The molecule has 1 aliphatic rings. The Kier molecular flexibility index (Phi) is 7.62. The zero-order chi connectivity index (χ0) is 29.1. The van der Waals surface area contributed by atoms with Crippen molar-refractivity contribution >= 4 is 51.5 Å². The van der Waals surface area contributed by atoms with Crippen molar-refractivity contribution in [1.29, 1.82) is 0 Å². The average Bonchev–Trinajstić information content (AvgIpc) is 3.50. The zero-order valence-corrected chi connectivity index (χ0v) is 23.6. The van der Waals surface area contributed by atoms with E-state index in [4.69, 9.17) is 9.73 Å². The molecule has 0 aliphatic carbocycles. The lowest BCUT2D eigenvalue weighted by Gasteiger charge is -2.16. The molecule has 0 bridgehead atoms. The summed E-state index contributed by atoms with van der Waals surface area (Å²) in [6, 6.07) is 32.2. The monoisotopic (exact) mass is 573 g/mol. The first-order valence-electron chi connectivity index (χ1n) is 13.4. The van der Waals surface area contributed by atoms with E-state index in [0.29, 0.717) is 23.2 Å². The Hall–Kier alpha value is -5.08. The Morgan fingerprint density at radius 2 is 1.67 bits per heavy atom. The van der Waals surface area contributed by atoms with Crippen molar-refractivity contribution < 1.29 is 19.4 Å². The van der Waals surface area contributed by atoms with Crippen LogP contribution >= 0.6 is 11.8 Å². The second kappa shape index (κ2) is 11.8. The number of carbonyl (C=O) groups excluding carboxylic acids is 1. The highest BCUT2D eigenvalue weighted by Gasteiger charge is 2.33. The van der Waals surface area contributed by atoms with Crippen LogP contribution in [0.3, 0.4) is 0 Å². The quantitative estimate of drug-likeness (QED) is 0.199. The molecule has 0 spiro atoms. The number of para-hydroxylation sites is 2. The molecule has 1 N–H and O–H groups in total. The third kappa shape index (κ3) is 5.70. The van der Waals surface area contributed by atoms with Gasteiger partial charge in [0.15, 0.2) is 5.17 Å². The zero-order valence-electron chi connectivity index (χ0n) is 22.8. The van der Waals surface area contributed by atoms with E-state index in [2.05, 4.69) is 4.57 Å². The van der Waals surface area contributed by atoms with E-state index in [-0.39, 0.29) is 11.5 Å². The van der Waals surface area contributed by atoms with Gasteiger partial charge in [-0.2, -0.15) is 0 Å². The van der Waals surface area contributed by atoms with E-state index in [0.717, 1.165) is 39.0 Å². The van der Waals surface area contributed by atoms with Crippen LogP contribution in [0.5, 0.6) is 5.75 Å². The summed E-state index contributed by atoms with van der Waals surface area (Å²) in [5.41, 5.74) is 4.77. The van der Waals surface area contributed by atoms with Crippen LogP contribution in [0.2, 0.25) is 0 Å². The summed E-state index contributed by atoms with van der Waals surface area (Å²) in [6.45, 7) is 0.872. The van der Waals surface area contributed by atoms with E-state index in [1.54, 1.807) is 30.2 Å². The topological polar surface area (TPSA) is 84.1 Å². The van der Waals surface area contributed by atoms with E-state index >= 15 is 0 Å². The Bertz CT molecular complexity index is 1840. The number of fused-ring (bicyclic) bond motifs is 1. The summed E-state index contributed by atoms with van der Waals surface area (Å²) in [5.74, 6) is -0.314. The predicted octanol–water partition coefficient (Wildman–Crippen LogP) is 7.20. The van der Waals surface area contributed by atoms with Crippen LogP contribution in [-0.2, 0) is 17.9 Å². The van der Waals surface area contributed by atoms with Crippen molar-refractivity contribution in [2.45, 2.75) is 13.1 Å². The SMILES string of the molecule is COc1ccc(CN2C(=O)C(=Cc3cn(Cc4cccc(C(=O)O)c4)c4ccccc34)SC2=Nc2ccccc2)cc1. The first-order chi connectivity index (χ1) is 20.5. The van der Waals surface area contributed by atoms with Gasteiger partial charge in [-0.25, -0.2) is 9.79 Å². The number of methoxy groups -OCH3 is 1. The van der Waals surface area contributed by atoms with Gasteiger partial charge in [0.25, 0.3) is 5.91 Å². The van der Waals surface area contributed by atoms with E-state index in [1.165, 1.54) is 11.8 Å². The van der Waals surface area contributed by atoms with Gasteiger partial charge in [0.05, 0.1) is 29.8 Å². The fourth-order valence-corrected chi connectivity index (χ4v) is 5.91. The average molecular weight is 574 g/mol. The van der Waals surface area contributed by atoms with Gasteiger partial charge in [-0.15, -0.1) is 0 Å². The largest absolute Gasteiger partial charge is 0.497 e. The number of amides is 1. The van der Waals surface area contributed by atoms with Crippen molar-refractivity contribution in [2.75, 3.05) is 7.11 Å². The standard InChI is InChI=1S/C34H27N3O4S/c1-41-28-16-14-23(15-17-28)21-37-32(38)31(42-34(37)35-27-10-3-2-4-11-27)19-26-22-36(30-13-6-5-12-29(26)30)20-24-8-7-9-25(18-24)33(39)40/h2-19,22H,20-21H2,1H3,(H,39,40). The van der Waals surface area contributed by atoms with E-state index in [9.17, 15) is 14.7 Å². The number of rotatable bonds is 8. The molecule has 0 atom stereocenters. The minimum Gasteiger partial charge on any atom is -0.497 e. The number of amidine groups is 1. The molecule has 1 saturated heterocycles. The molecule has 1 aromatic heterocycles. The van der Waals surface area contributed by atoms with Gasteiger partial charge in [0.2, 0.25) is 0 Å². The van der Waals surface area contributed by atoms with Gasteiger partial charge in [0, 0.05) is 29.2 Å². The summed E-state index contributed by atoms with van der Waals surface area (Å²) in [5, 5.41) is 11.0. The highest BCUT2D eigenvalue weighted by molar-refractivity contribution is 8.18. The lowest BCUT2D eigenvalue weighted by atomic mass is 10.1. The molecule has 1 amide bonds. The van der Waals surface area contributed by atoms with Crippen LogP contribution in [-0.4, -0.2) is 38.7 Å². The van der Waals surface area contributed by atoms with Crippen LogP contribution in [0.25, 0.3) is 17.0 Å². The molecule has 2 heterocycles. The Morgan fingerprint density at radius 3 is 2.43 bits per heavy atom. The van der Waals surface area contributed by atoms with Crippen LogP contribution in [0.15, 0.2) is 119 Å². The van der Waals surface area contributed by atoms with Gasteiger partial charge in [-0.3, -0.25) is 9.69 Å². The van der Waals surface area contributed by atoms with Gasteiger partial charge in [-0.1, -0.05) is 60.7 Å². The Balaban J connectivity index is 1.36. The molecular formula is C34H27N3O4S. The van der Waals surface area contributed by atoms with Crippen molar-refractivity contribution in [3.05, 3.63) is 136 Å². The maximum absolute atomic E-state index is 13.8. The van der Waals surface area contributed by atoms with Crippen molar-refractivity contribution in [1.82, 2.24) is 9.47 Å². The minimum atomic E-state index is -0.955. The molecule has 6 rings (SSSR count). The Labute approximate surface area is 247 Å². The lowest BCUT2D eigenvalue weighted by molar-refractivity contribution is -0.122. The first-order valence-corrected chi connectivity index (χ1v) is 14.2. The molecule has 0 radical (unpaired) electrons. The van der Waals surface area contributed by atoms with E-state index < -0.39 is 5.97 Å². The molecule has 0 unspecified atom stereocenters. The number of ether oxygens (including phenoxy) is 1. The summed E-state index contributed by atoms with van der Waals surface area (Å²) in [6.07, 6.45) is 3.94. The van der Waals surface area contributed by atoms with Gasteiger partial charge < -0.3 is 14.4 Å². The number of hydrogen-bond donors (Lipinski definition) is 1. The summed E-state index contributed by atoms with van der Waals surface area (Å²) in [7, 11) is 1.63. The molecule has 7 nitrogen and oxygen atoms in total. The molecular weight excluding hydrogens is 546 g/mol. The van der Waals surface area contributed by atoms with Gasteiger partial charge in [-0.05, 0) is 71.4 Å². The molecule has 4 aromatic carbocycles. The third-order valence-corrected chi connectivity index (χ3v) is 8.01. The normalized spacial score (nSPS) is 15.2. The second-order valence-corrected chi connectivity index (χ2v) is 10.8. The number of hydrogen-bond acceptors (Lipinski definition) is 5. The van der Waals surface area contributed by atoms with Gasteiger partial charge in [0.1, 0.15) is 5.75 Å². The van der Waals surface area contributed by atoms with E-state index in [1.807, 2.05) is 97.2 Å². The van der Waals surface area contributed by atoms with Crippen LogP contribution in [0.1, 0.15) is 27.0 Å². The predicted molar refractivity (Wildman–Crippen MR) is 167 cm³/mol. The smallest absolute Gasteiger partial charge is 0.335 e. The molecule has 5 aromatic rings. The number of aromatic nitrogens is 1. The number of aromatic carboxylic acids is 1. The van der Waals surface area contributed by atoms with Crippen molar-refractivity contribution in [3.8, 4) is 5.75 Å². The number of carboxylic acids is 1. The first kappa shape index (κ1) is 27.1. The molecule has 1 aliphatic heterocycles.